The zero-order chi connectivity index (χ0) is 13.9. The van der Waals surface area contributed by atoms with Crippen molar-refractivity contribution in [1.82, 2.24) is 4.90 Å². The first-order valence-corrected chi connectivity index (χ1v) is 6.82. The number of hydrogen-bond donors (Lipinski definition) is 0. The van der Waals surface area contributed by atoms with Gasteiger partial charge in [-0.05, 0) is 45.1 Å². The number of likely N-dealkylation sites (N-methyl/N-ethyl adjacent to an activating group) is 1. The van der Waals surface area contributed by atoms with Crippen molar-refractivity contribution in [2.24, 2.45) is 0 Å². The van der Waals surface area contributed by atoms with E-state index in [1.165, 1.54) is 0 Å². The highest BCUT2D eigenvalue weighted by Crippen LogP contribution is 2.29. The molecule has 100 valence electrons. The highest BCUT2D eigenvalue weighted by Gasteiger charge is 2.37. The summed E-state index contributed by atoms with van der Waals surface area (Å²) in [6.45, 7) is 4.05. The highest BCUT2D eigenvalue weighted by atomic mass is 35.5. The molecular weight excluding hydrogens is 269 g/mol. The molecule has 0 aromatic heterocycles. The predicted molar refractivity (Wildman–Crippen MR) is 77.8 cm³/mol. The van der Waals surface area contributed by atoms with Crippen LogP contribution in [-0.4, -0.2) is 30.3 Å². The largest absolute Gasteiger partial charge is 0.297 e. The second-order valence-electron chi connectivity index (χ2n) is 4.59. The summed E-state index contributed by atoms with van der Waals surface area (Å²) in [5.41, 5.74) is 0.138. The Bertz CT molecular complexity index is 439. The molecule has 0 N–H and O–H groups in total. The number of nitrogens with zero attached hydrogens (tertiary/aromatic N) is 1. The minimum atomic E-state index is -0.475. The number of ketones is 1. The molecule has 1 rings (SSSR count). The summed E-state index contributed by atoms with van der Waals surface area (Å²) in [4.78, 5) is 14.7. The molecule has 0 bridgehead atoms. The fourth-order valence-electron chi connectivity index (χ4n) is 2.31. The number of Topliss-reactive ketones (excluding diaryl/α,β-unsaturated/α-hetero) is 1. The van der Waals surface area contributed by atoms with Crippen LogP contribution in [0.25, 0.3) is 0 Å². The third-order valence-corrected chi connectivity index (χ3v) is 4.37. The van der Waals surface area contributed by atoms with E-state index in [-0.39, 0.29) is 5.78 Å². The Labute approximate surface area is 119 Å². The summed E-state index contributed by atoms with van der Waals surface area (Å²) >= 11 is 11.9. The Hall–Kier alpha value is -0.570. The summed E-state index contributed by atoms with van der Waals surface area (Å²) in [5.74, 6) is 0.0936. The molecule has 2 nitrogen and oxygen atoms in total. The standard InChI is InChI=1S/C14H19Cl2NO/c1-5-14(6-2,17(3)4)13(18)10-7-8-11(15)12(16)9-10/h7-9H,5-6H2,1-4H3. The average molecular weight is 288 g/mol. The van der Waals surface area contributed by atoms with Crippen molar-refractivity contribution >= 4 is 29.0 Å². The van der Waals surface area contributed by atoms with Crippen LogP contribution >= 0.6 is 23.2 Å². The van der Waals surface area contributed by atoms with Crippen molar-refractivity contribution < 1.29 is 4.79 Å². The first-order chi connectivity index (χ1) is 8.39. The topological polar surface area (TPSA) is 20.3 Å². The second-order valence-corrected chi connectivity index (χ2v) is 5.41. The van der Waals surface area contributed by atoms with Gasteiger partial charge in [0, 0.05) is 5.56 Å². The Morgan fingerprint density at radius 2 is 1.72 bits per heavy atom. The molecular formula is C14H19Cl2NO. The van der Waals surface area contributed by atoms with Crippen LogP contribution in [0.2, 0.25) is 10.0 Å². The normalized spacial score (nSPS) is 11.9. The minimum Gasteiger partial charge on any atom is -0.297 e. The zero-order valence-corrected chi connectivity index (χ0v) is 12.8. The van der Waals surface area contributed by atoms with Crippen molar-refractivity contribution in [3.05, 3.63) is 33.8 Å². The lowest BCUT2D eigenvalue weighted by atomic mass is 9.83. The Balaban J connectivity index is 3.22. The fraction of sp³-hybridized carbons (Fsp3) is 0.500. The maximum Gasteiger partial charge on any atom is 0.183 e. The van der Waals surface area contributed by atoms with Crippen molar-refractivity contribution in [3.63, 3.8) is 0 Å². The van der Waals surface area contributed by atoms with Crippen molar-refractivity contribution in [2.75, 3.05) is 14.1 Å². The minimum absolute atomic E-state index is 0.0936. The number of halogens is 2. The Morgan fingerprint density at radius 3 is 2.11 bits per heavy atom. The number of benzene rings is 1. The Kier molecular flexibility index (Phi) is 5.20. The lowest BCUT2D eigenvalue weighted by Gasteiger charge is -2.37. The van der Waals surface area contributed by atoms with Gasteiger partial charge in [-0.2, -0.15) is 0 Å². The van der Waals surface area contributed by atoms with Gasteiger partial charge in [0.25, 0.3) is 0 Å². The van der Waals surface area contributed by atoms with E-state index in [2.05, 4.69) is 0 Å². The SMILES string of the molecule is CCC(CC)(C(=O)c1ccc(Cl)c(Cl)c1)N(C)C. The molecule has 0 aliphatic rings. The first-order valence-electron chi connectivity index (χ1n) is 6.06. The molecule has 0 saturated heterocycles. The average Bonchev–Trinajstić information content (AvgIpc) is 2.34. The molecule has 0 saturated carbocycles. The molecule has 18 heavy (non-hydrogen) atoms. The summed E-state index contributed by atoms with van der Waals surface area (Å²) < 4.78 is 0. The lowest BCUT2D eigenvalue weighted by Crippen LogP contribution is -2.50. The van der Waals surface area contributed by atoms with Gasteiger partial charge in [-0.25, -0.2) is 0 Å². The molecule has 1 aromatic carbocycles. The molecule has 0 radical (unpaired) electrons. The van der Waals surface area contributed by atoms with Crippen LogP contribution in [0.4, 0.5) is 0 Å². The third-order valence-electron chi connectivity index (χ3n) is 3.63. The molecule has 0 aliphatic heterocycles. The van der Waals surface area contributed by atoms with Gasteiger partial charge in [-0.1, -0.05) is 37.0 Å². The summed E-state index contributed by atoms with van der Waals surface area (Å²) in [6, 6.07) is 5.05. The molecule has 0 amide bonds. The highest BCUT2D eigenvalue weighted by molar-refractivity contribution is 6.42. The summed E-state index contributed by atoms with van der Waals surface area (Å²) in [7, 11) is 3.87. The van der Waals surface area contributed by atoms with Crippen LogP contribution in [0.15, 0.2) is 18.2 Å². The van der Waals surface area contributed by atoms with E-state index < -0.39 is 5.54 Å². The van der Waals surface area contributed by atoms with Gasteiger partial charge in [0.2, 0.25) is 0 Å². The lowest BCUT2D eigenvalue weighted by molar-refractivity contribution is 0.0656. The Morgan fingerprint density at radius 1 is 1.17 bits per heavy atom. The van der Waals surface area contributed by atoms with E-state index >= 15 is 0 Å². The van der Waals surface area contributed by atoms with Crippen LogP contribution in [0.5, 0.6) is 0 Å². The van der Waals surface area contributed by atoms with E-state index in [9.17, 15) is 4.79 Å². The van der Waals surface area contributed by atoms with E-state index in [0.29, 0.717) is 15.6 Å². The van der Waals surface area contributed by atoms with Crippen LogP contribution in [0.1, 0.15) is 37.0 Å². The molecule has 0 atom stereocenters. The van der Waals surface area contributed by atoms with Crippen LogP contribution < -0.4 is 0 Å². The predicted octanol–water partition coefficient (Wildman–Crippen LogP) is 4.30. The molecule has 0 fully saturated rings. The zero-order valence-electron chi connectivity index (χ0n) is 11.3. The molecule has 0 heterocycles. The molecule has 0 aliphatic carbocycles. The summed E-state index contributed by atoms with van der Waals surface area (Å²) in [6.07, 6.45) is 1.52. The fourth-order valence-corrected chi connectivity index (χ4v) is 2.61. The number of rotatable bonds is 5. The van der Waals surface area contributed by atoms with Crippen LogP contribution in [0, 0.1) is 0 Å². The van der Waals surface area contributed by atoms with Crippen molar-refractivity contribution in [1.29, 1.82) is 0 Å². The number of carbonyl (C=O) groups is 1. The maximum absolute atomic E-state index is 12.7. The van der Waals surface area contributed by atoms with Crippen molar-refractivity contribution in [2.45, 2.75) is 32.2 Å². The van der Waals surface area contributed by atoms with Gasteiger partial charge in [-0.15, -0.1) is 0 Å². The van der Waals surface area contributed by atoms with Gasteiger partial charge in [0.05, 0.1) is 15.6 Å². The smallest absolute Gasteiger partial charge is 0.183 e. The molecule has 0 unspecified atom stereocenters. The van der Waals surface area contributed by atoms with Gasteiger partial charge < -0.3 is 0 Å². The molecule has 1 aromatic rings. The van der Waals surface area contributed by atoms with Crippen LogP contribution in [-0.2, 0) is 0 Å². The van der Waals surface area contributed by atoms with E-state index in [4.69, 9.17) is 23.2 Å². The summed E-state index contributed by atoms with van der Waals surface area (Å²) in [5, 5.41) is 0.888. The quantitative estimate of drug-likeness (QED) is 0.753. The van der Waals surface area contributed by atoms with E-state index in [1.807, 2.05) is 32.8 Å². The van der Waals surface area contributed by atoms with Gasteiger partial charge in [-0.3, -0.25) is 9.69 Å². The monoisotopic (exact) mass is 287 g/mol. The third kappa shape index (κ3) is 2.71. The van der Waals surface area contributed by atoms with Gasteiger partial charge >= 0.3 is 0 Å². The van der Waals surface area contributed by atoms with E-state index in [0.717, 1.165) is 12.8 Å². The van der Waals surface area contributed by atoms with Gasteiger partial charge in [0.1, 0.15) is 0 Å². The number of carbonyl (C=O) groups excluding carboxylic acids is 1. The van der Waals surface area contributed by atoms with Crippen LogP contribution in [0.3, 0.4) is 0 Å². The number of hydrogen-bond acceptors (Lipinski definition) is 2. The molecule has 4 heteroatoms. The van der Waals surface area contributed by atoms with E-state index in [1.54, 1.807) is 18.2 Å². The second kappa shape index (κ2) is 6.05. The maximum atomic E-state index is 12.7. The van der Waals surface area contributed by atoms with Gasteiger partial charge in [0.15, 0.2) is 5.78 Å². The van der Waals surface area contributed by atoms with Crippen molar-refractivity contribution in [3.8, 4) is 0 Å². The molecule has 0 spiro atoms. The first kappa shape index (κ1) is 15.5.